The molecule has 0 spiro atoms. The summed E-state index contributed by atoms with van der Waals surface area (Å²) in [5.41, 5.74) is 4.80. The predicted molar refractivity (Wildman–Crippen MR) is 84.5 cm³/mol. The van der Waals surface area contributed by atoms with Crippen LogP contribution in [0.2, 0.25) is 0 Å². The van der Waals surface area contributed by atoms with Gasteiger partial charge < -0.3 is 0 Å². The van der Waals surface area contributed by atoms with Crippen LogP contribution in [-0.4, -0.2) is 6.29 Å². The van der Waals surface area contributed by atoms with Crippen molar-refractivity contribution in [3.05, 3.63) is 70.8 Å². The first-order valence-corrected chi connectivity index (χ1v) is 7.07. The SMILES string of the molecule is C[C@@H](c1ccc(C=O)cc1)c1ccc(C(C)(C)C)cc1. The second-order valence-electron chi connectivity index (χ2n) is 6.38. The Morgan fingerprint density at radius 3 is 1.70 bits per heavy atom. The zero-order chi connectivity index (χ0) is 14.8. The normalized spacial score (nSPS) is 13.0. The Morgan fingerprint density at radius 2 is 1.30 bits per heavy atom. The summed E-state index contributed by atoms with van der Waals surface area (Å²) in [6.45, 7) is 8.87. The highest BCUT2D eigenvalue weighted by Crippen LogP contribution is 2.27. The number of aldehydes is 1. The molecular formula is C19H22O. The molecular weight excluding hydrogens is 244 g/mol. The molecule has 0 unspecified atom stereocenters. The molecule has 1 heteroatoms. The molecule has 0 bridgehead atoms. The lowest BCUT2D eigenvalue weighted by molar-refractivity contribution is 0.112. The van der Waals surface area contributed by atoms with E-state index in [0.717, 1.165) is 11.8 Å². The van der Waals surface area contributed by atoms with Gasteiger partial charge in [0.25, 0.3) is 0 Å². The van der Waals surface area contributed by atoms with Crippen LogP contribution in [0.3, 0.4) is 0 Å². The minimum absolute atomic E-state index is 0.188. The first kappa shape index (κ1) is 14.5. The number of hydrogen-bond donors (Lipinski definition) is 0. The highest BCUT2D eigenvalue weighted by Gasteiger charge is 2.14. The summed E-state index contributed by atoms with van der Waals surface area (Å²) in [6, 6.07) is 16.7. The van der Waals surface area contributed by atoms with Gasteiger partial charge in [0.15, 0.2) is 0 Å². The molecule has 20 heavy (non-hydrogen) atoms. The minimum atomic E-state index is 0.188. The zero-order valence-electron chi connectivity index (χ0n) is 12.7. The van der Waals surface area contributed by atoms with Gasteiger partial charge in [-0.1, -0.05) is 76.2 Å². The molecule has 0 saturated heterocycles. The van der Waals surface area contributed by atoms with E-state index in [0.29, 0.717) is 5.92 Å². The average Bonchev–Trinajstić information content (AvgIpc) is 2.46. The molecule has 0 saturated carbocycles. The van der Waals surface area contributed by atoms with Gasteiger partial charge in [0.2, 0.25) is 0 Å². The van der Waals surface area contributed by atoms with Crippen molar-refractivity contribution in [2.75, 3.05) is 0 Å². The van der Waals surface area contributed by atoms with E-state index < -0.39 is 0 Å². The highest BCUT2D eigenvalue weighted by atomic mass is 16.1. The molecule has 1 atom stereocenters. The molecule has 0 aliphatic carbocycles. The van der Waals surface area contributed by atoms with Crippen molar-refractivity contribution in [2.24, 2.45) is 0 Å². The molecule has 0 heterocycles. The monoisotopic (exact) mass is 266 g/mol. The van der Waals surface area contributed by atoms with Crippen LogP contribution in [0.4, 0.5) is 0 Å². The summed E-state index contributed by atoms with van der Waals surface area (Å²) >= 11 is 0. The fourth-order valence-electron chi connectivity index (χ4n) is 2.33. The van der Waals surface area contributed by atoms with E-state index in [-0.39, 0.29) is 5.41 Å². The van der Waals surface area contributed by atoms with Gasteiger partial charge >= 0.3 is 0 Å². The number of hydrogen-bond acceptors (Lipinski definition) is 1. The van der Waals surface area contributed by atoms with Crippen LogP contribution in [0.1, 0.15) is 60.7 Å². The van der Waals surface area contributed by atoms with Gasteiger partial charge in [0, 0.05) is 11.5 Å². The Labute approximate surface area is 121 Å². The lowest BCUT2D eigenvalue weighted by Gasteiger charge is -2.20. The molecule has 2 rings (SSSR count). The van der Waals surface area contributed by atoms with Crippen LogP contribution >= 0.6 is 0 Å². The third-order valence-corrected chi connectivity index (χ3v) is 3.85. The average molecular weight is 266 g/mol. The van der Waals surface area contributed by atoms with Gasteiger partial charge in [-0.3, -0.25) is 4.79 Å². The molecule has 0 aliphatic rings. The van der Waals surface area contributed by atoms with Gasteiger partial charge in [0.05, 0.1) is 0 Å². The molecule has 104 valence electrons. The van der Waals surface area contributed by atoms with Crippen LogP contribution in [0.15, 0.2) is 48.5 Å². The highest BCUT2D eigenvalue weighted by molar-refractivity contribution is 5.74. The number of carbonyl (C=O) groups excluding carboxylic acids is 1. The first-order valence-electron chi connectivity index (χ1n) is 7.07. The van der Waals surface area contributed by atoms with Crippen molar-refractivity contribution < 1.29 is 4.79 Å². The molecule has 0 fully saturated rings. The summed E-state index contributed by atoms with van der Waals surface area (Å²) in [6.07, 6.45) is 0.882. The van der Waals surface area contributed by atoms with Crippen LogP contribution in [0.25, 0.3) is 0 Å². The second kappa shape index (κ2) is 5.62. The van der Waals surface area contributed by atoms with Gasteiger partial charge in [-0.2, -0.15) is 0 Å². The number of rotatable bonds is 3. The van der Waals surface area contributed by atoms with E-state index in [2.05, 4.69) is 52.0 Å². The van der Waals surface area contributed by atoms with Crippen molar-refractivity contribution in [1.82, 2.24) is 0 Å². The summed E-state index contributed by atoms with van der Waals surface area (Å²) in [5.74, 6) is 0.338. The van der Waals surface area contributed by atoms with Crippen LogP contribution < -0.4 is 0 Å². The standard InChI is InChI=1S/C19H22O/c1-14(16-7-5-15(13-20)6-8-16)17-9-11-18(12-10-17)19(2,3)4/h5-14H,1-4H3/t14-/m0/s1. The summed E-state index contributed by atoms with van der Waals surface area (Å²) < 4.78 is 0. The van der Waals surface area contributed by atoms with Crippen LogP contribution in [0, 0.1) is 0 Å². The Hall–Kier alpha value is -1.89. The number of carbonyl (C=O) groups is 1. The molecule has 2 aromatic carbocycles. The Balaban J connectivity index is 2.24. The quantitative estimate of drug-likeness (QED) is 0.718. The lowest BCUT2D eigenvalue weighted by atomic mass is 9.85. The van der Waals surface area contributed by atoms with Gasteiger partial charge in [-0.25, -0.2) is 0 Å². The van der Waals surface area contributed by atoms with Crippen LogP contribution in [-0.2, 0) is 5.41 Å². The van der Waals surface area contributed by atoms with E-state index in [1.807, 2.05) is 24.3 Å². The molecule has 0 aromatic heterocycles. The van der Waals surface area contributed by atoms with E-state index >= 15 is 0 Å². The smallest absolute Gasteiger partial charge is 0.150 e. The Kier molecular flexibility index (Phi) is 4.08. The fourth-order valence-corrected chi connectivity index (χ4v) is 2.33. The molecule has 2 aromatic rings. The van der Waals surface area contributed by atoms with Crippen LogP contribution in [0.5, 0.6) is 0 Å². The van der Waals surface area contributed by atoms with Crippen molar-refractivity contribution >= 4 is 6.29 Å². The molecule has 0 amide bonds. The van der Waals surface area contributed by atoms with Gasteiger partial charge in [-0.15, -0.1) is 0 Å². The predicted octanol–water partition coefficient (Wildman–Crippen LogP) is 4.95. The third kappa shape index (κ3) is 3.16. The Bertz CT molecular complexity index is 571. The van der Waals surface area contributed by atoms with E-state index in [1.54, 1.807) is 0 Å². The zero-order valence-corrected chi connectivity index (χ0v) is 12.7. The third-order valence-electron chi connectivity index (χ3n) is 3.85. The summed E-state index contributed by atoms with van der Waals surface area (Å²) in [7, 11) is 0. The van der Waals surface area contributed by atoms with Crippen molar-refractivity contribution in [2.45, 2.75) is 39.0 Å². The topological polar surface area (TPSA) is 17.1 Å². The van der Waals surface area contributed by atoms with E-state index in [9.17, 15) is 4.79 Å². The second-order valence-corrected chi connectivity index (χ2v) is 6.38. The molecule has 0 radical (unpaired) electrons. The number of benzene rings is 2. The van der Waals surface area contributed by atoms with Crippen molar-refractivity contribution in [3.63, 3.8) is 0 Å². The lowest BCUT2D eigenvalue weighted by Crippen LogP contribution is -2.11. The molecule has 0 N–H and O–H groups in total. The minimum Gasteiger partial charge on any atom is -0.298 e. The van der Waals surface area contributed by atoms with Gasteiger partial charge in [0.1, 0.15) is 6.29 Å². The van der Waals surface area contributed by atoms with Crippen molar-refractivity contribution in [1.29, 1.82) is 0 Å². The van der Waals surface area contributed by atoms with E-state index in [1.165, 1.54) is 16.7 Å². The largest absolute Gasteiger partial charge is 0.298 e. The van der Waals surface area contributed by atoms with E-state index in [4.69, 9.17) is 0 Å². The summed E-state index contributed by atoms with van der Waals surface area (Å²) in [5, 5.41) is 0. The van der Waals surface area contributed by atoms with Crippen molar-refractivity contribution in [3.8, 4) is 0 Å². The van der Waals surface area contributed by atoms with Gasteiger partial charge in [-0.05, 0) is 22.1 Å². The maximum absolute atomic E-state index is 10.7. The molecule has 1 nitrogen and oxygen atoms in total. The summed E-state index contributed by atoms with van der Waals surface area (Å²) in [4.78, 5) is 10.7. The Morgan fingerprint density at radius 1 is 0.850 bits per heavy atom. The maximum atomic E-state index is 10.7. The molecule has 0 aliphatic heterocycles. The fraction of sp³-hybridized carbons (Fsp3) is 0.316. The maximum Gasteiger partial charge on any atom is 0.150 e. The first-order chi connectivity index (χ1) is 9.41.